The van der Waals surface area contributed by atoms with Gasteiger partial charge in [0.05, 0.1) is 19.2 Å². The van der Waals surface area contributed by atoms with E-state index in [0.717, 1.165) is 12.2 Å². The molecule has 94 valence electrons. The van der Waals surface area contributed by atoms with Gasteiger partial charge < -0.3 is 10.1 Å². The number of hydrogen-bond acceptors (Lipinski definition) is 3. The van der Waals surface area contributed by atoms with Crippen molar-refractivity contribution in [1.29, 1.82) is 0 Å². The van der Waals surface area contributed by atoms with Gasteiger partial charge in [-0.3, -0.25) is 4.68 Å². The van der Waals surface area contributed by atoms with Crippen LogP contribution in [0.2, 0.25) is 0 Å². The molecular weight excluding hydrogens is 226 g/mol. The summed E-state index contributed by atoms with van der Waals surface area (Å²) in [5.41, 5.74) is 2.69. The normalized spacial score (nSPS) is 21.9. The Balaban J connectivity index is 2.00. The zero-order chi connectivity index (χ0) is 12.5. The Bertz CT molecular complexity index is 536. The van der Waals surface area contributed by atoms with Crippen molar-refractivity contribution >= 4 is 0 Å². The van der Waals surface area contributed by atoms with Crippen molar-refractivity contribution in [1.82, 2.24) is 15.1 Å². The SMILES string of the molecule is CNC1c2cc(OC)ccc2CC1n1cccn1. The van der Waals surface area contributed by atoms with Gasteiger partial charge >= 0.3 is 0 Å². The summed E-state index contributed by atoms with van der Waals surface area (Å²) in [6.07, 6.45) is 4.86. The number of ether oxygens (including phenoxy) is 1. The van der Waals surface area contributed by atoms with Crippen LogP contribution >= 0.6 is 0 Å². The van der Waals surface area contributed by atoms with E-state index in [-0.39, 0.29) is 6.04 Å². The molecule has 1 aromatic carbocycles. The summed E-state index contributed by atoms with van der Waals surface area (Å²) in [5, 5.41) is 7.76. The first kappa shape index (κ1) is 11.3. The van der Waals surface area contributed by atoms with E-state index in [1.165, 1.54) is 11.1 Å². The number of nitrogens with zero attached hydrogens (tertiary/aromatic N) is 2. The summed E-state index contributed by atoms with van der Waals surface area (Å²) >= 11 is 0. The summed E-state index contributed by atoms with van der Waals surface area (Å²) in [6.45, 7) is 0. The molecule has 0 fully saturated rings. The van der Waals surface area contributed by atoms with Gasteiger partial charge in [0.15, 0.2) is 0 Å². The van der Waals surface area contributed by atoms with Crippen molar-refractivity contribution in [3.05, 3.63) is 47.8 Å². The Kier molecular flexibility index (Phi) is 2.80. The molecule has 1 aromatic heterocycles. The largest absolute Gasteiger partial charge is 0.497 e. The second-order valence-corrected chi connectivity index (χ2v) is 4.59. The summed E-state index contributed by atoms with van der Waals surface area (Å²) in [7, 11) is 3.70. The lowest BCUT2D eigenvalue weighted by Gasteiger charge is -2.20. The number of benzene rings is 1. The molecule has 0 spiro atoms. The molecule has 1 aliphatic carbocycles. The van der Waals surface area contributed by atoms with Crippen molar-refractivity contribution in [3.8, 4) is 5.75 Å². The topological polar surface area (TPSA) is 39.1 Å². The predicted molar refractivity (Wildman–Crippen MR) is 69.8 cm³/mol. The van der Waals surface area contributed by atoms with E-state index in [2.05, 4.69) is 22.5 Å². The molecule has 0 saturated carbocycles. The first-order valence-electron chi connectivity index (χ1n) is 6.16. The zero-order valence-corrected chi connectivity index (χ0v) is 10.6. The second kappa shape index (κ2) is 4.46. The molecule has 1 aliphatic rings. The Hall–Kier alpha value is -1.81. The minimum Gasteiger partial charge on any atom is -0.497 e. The van der Waals surface area contributed by atoms with Crippen LogP contribution in [-0.4, -0.2) is 23.9 Å². The number of hydrogen-bond donors (Lipinski definition) is 1. The van der Waals surface area contributed by atoms with Crippen molar-refractivity contribution in [2.45, 2.75) is 18.5 Å². The molecule has 0 bridgehead atoms. The highest BCUT2D eigenvalue weighted by Gasteiger charge is 2.33. The Labute approximate surface area is 107 Å². The highest BCUT2D eigenvalue weighted by Crippen LogP contribution is 2.40. The molecule has 1 N–H and O–H groups in total. The molecule has 2 atom stereocenters. The fourth-order valence-corrected chi connectivity index (χ4v) is 2.80. The van der Waals surface area contributed by atoms with E-state index in [4.69, 9.17) is 4.74 Å². The maximum absolute atomic E-state index is 5.31. The lowest BCUT2D eigenvalue weighted by Crippen LogP contribution is -2.24. The minimum absolute atomic E-state index is 0.287. The van der Waals surface area contributed by atoms with E-state index >= 15 is 0 Å². The third kappa shape index (κ3) is 1.69. The molecule has 0 saturated heterocycles. The quantitative estimate of drug-likeness (QED) is 0.895. The number of rotatable bonds is 3. The molecule has 3 rings (SSSR count). The van der Waals surface area contributed by atoms with Gasteiger partial charge in [0.25, 0.3) is 0 Å². The molecule has 4 heteroatoms. The summed E-state index contributed by atoms with van der Waals surface area (Å²) < 4.78 is 7.34. The van der Waals surface area contributed by atoms with Gasteiger partial charge in [0, 0.05) is 12.4 Å². The van der Waals surface area contributed by atoms with Crippen molar-refractivity contribution in [2.75, 3.05) is 14.2 Å². The van der Waals surface area contributed by atoms with Gasteiger partial charge in [-0.05, 0) is 42.8 Å². The Morgan fingerprint density at radius 2 is 2.33 bits per heavy atom. The van der Waals surface area contributed by atoms with E-state index in [1.807, 2.05) is 36.3 Å². The fraction of sp³-hybridized carbons (Fsp3) is 0.357. The maximum Gasteiger partial charge on any atom is 0.119 e. The number of nitrogens with one attached hydrogen (secondary N) is 1. The van der Waals surface area contributed by atoms with Crippen LogP contribution in [0.3, 0.4) is 0 Å². The molecule has 4 nitrogen and oxygen atoms in total. The molecule has 0 amide bonds. The number of fused-ring (bicyclic) bond motifs is 1. The molecule has 18 heavy (non-hydrogen) atoms. The third-order valence-electron chi connectivity index (χ3n) is 3.68. The van der Waals surface area contributed by atoms with E-state index in [9.17, 15) is 0 Å². The van der Waals surface area contributed by atoms with Crippen LogP contribution in [0.5, 0.6) is 5.75 Å². The molecule has 0 aliphatic heterocycles. The minimum atomic E-state index is 0.287. The zero-order valence-electron chi connectivity index (χ0n) is 10.6. The molecule has 2 aromatic rings. The van der Waals surface area contributed by atoms with Crippen LogP contribution in [0.15, 0.2) is 36.7 Å². The van der Waals surface area contributed by atoms with Gasteiger partial charge in [0.2, 0.25) is 0 Å². The van der Waals surface area contributed by atoms with Gasteiger partial charge in [-0.2, -0.15) is 5.10 Å². The average molecular weight is 243 g/mol. The van der Waals surface area contributed by atoms with Gasteiger partial charge in [-0.25, -0.2) is 0 Å². The fourth-order valence-electron chi connectivity index (χ4n) is 2.80. The van der Waals surface area contributed by atoms with Crippen LogP contribution < -0.4 is 10.1 Å². The first-order chi connectivity index (χ1) is 8.83. The average Bonchev–Trinajstić information content (AvgIpc) is 3.04. The van der Waals surface area contributed by atoms with Crippen LogP contribution in [0.1, 0.15) is 23.2 Å². The van der Waals surface area contributed by atoms with Crippen molar-refractivity contribution < 1.29 is 4.74 Å². The maximum atomic E-state index is 5.31. The van der Waals surface area contributed by atoms with Gasteiger partial charge in [-0.15, -0.1) is 0 Å². The van der Waals surface area contributed by atoms with Gasteiger partial charge in [0.1, 0.15) is 5.75 Å². The van der Waals surface area contributed by atoms with E-state index < -0.39 is 0 Å². The smallest absolute Gasteiger partial charge is 0.119 e. The second-order valence-electron chi connectivity index (χ2n) is 4.59. The Morgan fingerprint density at radius 3 is 3.00 bits per heavy atom. The summed E-state index contributed by atoms with van der Waals surface area (Å²) in [5.74, 6) is 0.912. The van der Waals surface area contributed by atoms with E-state index in [1.54, 1.807) is 7.11 Å². The molecule has 2 unspecified atom stereocenters. The number of methoxy groups -OCH3 is 1. The van der Waals surface area contributed by atoms with Crippen molar-refractivity contribution in [2.24, 2.45) is 0 Å². The highest BCUT2D eigenvalue weighted by molar-refractivity contribution is 5.42. The molecule has 0 radical (unpaired) electrons. The van der Waals surface area contributed by atoms with Crippen LogP contribution in [-0.2, 0) is 6.42 Å². The first-order valence-corrected chi connectivity index (χ1v) is 6.16. The van der Waals surface area contributed by atoms with Crippen molar-refractivity contribution in [3.63, 3.8) is 0 Å². The van der Waals surface area contributed by atoms with Gasteiger partial charge in [-0.1, -0.05) is 6.07 Å². The summed E-state index contributed by atoms with van der Waals surface area (Å²) in [6, 6.07) is 8.90. The van der Waals surface area contributed by atoms with E-state index in [0.29, 0.717) is 6.04 Å². The lowest BCUT2D eigenvalue weighted by atomic mass is 10.1. The van der Waals surface area contributed by atoms with Crippen LogP contribution in [0.25, 0.3) is 0 Å². The molecule has 1 heterocycles. The third-order valence-corrected chi connectivity index (χ3v) is 3.68. The summed E-state index contributed by atoms with van der Waals surface area (Å²) in [4.78, 5) is 0. The predicted octanol–water partition coefficient (Wildman–Crippen LogP) is 1.95. The number of likely N-dealkylation sites (N-methyl/N-ethyl adjacent to an activating group) is 1. The monoisotopic (exact) mass is 243 g/mol. The highest BCUT2D eigenvalue weighted by atomic mass is 16.5. The van der Waals surface area contributed by atoms with Crippen LogP contribution in [0.4, 0.5) is 0 Å². The molecular formula is C14H17N3O. The van der Waals surface area contributed by atoms with Crippen LogP contribution in [0, 0.1) is 0 Å². The lowest BCUT2D eigenvalue weighted by molar-refractivity contribution is 0.370. The Morgan fingerprint density at radius 1 is 1.44 bits per heavy atom. The standard InChI is InChI=1S/C14H17N3O/c1-15-14-12-9-11(18-2)5-4-10(12)8-13(14)17-7-3-6-16-17/h3-7,9,13-15H,8H2,1-2H3. The number of aromatic nitrogens is 2.